The van der Waals surface area contributed by atoms with Gasteiger partial charge in [-0.25, -0.2) is 0 Å². The minimum absolute atomic E-state index is 0.597. The molecule has 0 unspecified atom stereocenters. The first-order chi connectivity index (χ1) is 13.3. The lowest BCUT2D eigenvalue weighted by molar-refractivity contribution is 0.281. The maximum absolute atomic E-state index is 5.77. The molecule has 0 radical (unpaired) electrons. The average Bonchev–Trinajstić information content (AvgIpc) is 3.11. The molecule has 3 rings (SSSR count). The van der Waals surface area contributed by atoms with Gasteiger partial charge >= 0.3 is 0 Å². The first-order valence-electron chi connectivity index (χ1n) is 9.24. The van der Waals surface area contributed by atoms with Gasteiger partial charge in [0, 0.05) is 32.8 Å². The minimum Gasteiger partial charge on any atom is -0.492 e. The smallest absolute Gasteiger partial charge is 0.193 e. The van der Waals surface area contributed by atoms with Gasteiger partial charge in [0.1, 0.15) is 18.2 Å². The second kappa shape index (κ2) is 9.56. The summed E-state index contributed by atoms with van der Waals surface area (Å²) in [7, 11) is 2.02. The number of likely N-dealkylation sites (N-methyl/N-ethyl adjacent to an activating group) is 1. The van der Waals surface area contributed by atoms with Gasteiger partial charge in [0.25, 0.3) is 0 Å². The monoisotopic (exact) mass is 366 g/mol. The number of benzene rings is 1. The van der Waals surface area contributed by atoms with Gasteiger partial charge in [0.2, 0.25) is 0 Å². The van der Waals surface area contributed by atoms with E-state index < -0.39 is 0 Å². The van der Waals surface area contributed by atoms with Gasteiger partial charge in [-0.05, 0) is 31.2 Å². The molecule has 1 N–H and O–H groups in total. The molecule has 0 amide bonds. The summed E-state index contributed by atoms with van der Waals surface area (Å²) in [5, 5.41) is 11.8. The van der Waals surface area contributed by atoms with E-state index in [1.807, 2.05) is 66.2 Å². The second-order valence-electron chi connectivity index (χ2n) is 6.11. The van der Waals surface area contributed by atoms with E-state index in [0.29, 0.717) is 13.2 Å². The van der Waals surface area contributed by atoms with Crippen molar-refractivity contribution >= 4 is 11.6 Å². The van der Waals surface area contributed by atoms with Crippen molar-refractivity contribution in [3.05, 3.63) is 60.6 Å². The zero-order valence-electron chi connectivity index (χ0n) is 15.9. The van der Waals surface area contributed by atoms with E-state index in [1.165, 1.54) is 0 Å². The third-order valence-corrected chi connectivity index (χ3v) is 4.12. The second-order valence-corrected chi connectivity index (χ2v) is 6.11. The van der Waals surface area contributed by atoms with Crippen LogP contribution in [0.1, 0.15) is 12.7 Å². The third kappa shape index (κ3) is 5.20. The van der Waals surface area contributed by atoms with Crippen molar-refractivity contribution in [1.29, 1.82) is 0 Å². The van der Waals surface area contributed by atoms with Crippen LogP contribution in [0.3, 0.4) is 0 Å². The Balaban J connectivity index is 1.53. The Morgan fingerprint density at radius 2 is 1.96 bits per heavy atom. The molecule has 0 fully saturated rings. The molecule has 0 saturated heterocycles. The molecule has 0 aliphatic carbocycles. The summed E-state index contributed by atoms with van der Waals surface area (Å²) in [6, 6.07) is 15.7. The lowest BCUT2D eigenvalue weighted by atomic mass is 10.3. The van der Waals surface area contributed by atoms with Crippen molar-refractivity contribution in [3.63, 3.8) is 0 Å². The lowest BCUT2D eigenvalue weighted by Gasteiger charge is -2.22. The number of hydrogen-bond donors (Lipinski definition) is 1. The number of rotatable bonds is 8. The number of para-hydroxylation sites is 1. The van der Waals surface area contributed by atoms with Crippen molar-refractivity contribution in [2.24, 2.45) is 4.99 Å². The Morgan fingerprint density at radius 1 is 1.15 bits per heavy atom. The van der Waals surface area contributed by atoms with E-state index >= 15 is 0 Å². The van der Waals surface area contributed by atoms with E-state index in [2.05, 4.69) is 27.3 Å². The van der Waals surface area contributed by atoms with Gasteiger partial charge in [0.15, 0.2) is 11.6 Å². The number of hydrogen-bond acceptors (Lipinski definition) is 4. The molecule has 27 heavy (non-hydrogen) atoms. The Morgan fingerprint density at radius 3 is 2.78 bits per heavy atom. The van der Waals surface area contributed by atoms with Crippen molar-refractivity contribution in [3.8, 4) is 5.75 Å². The van der Waals surface area contributed by atoms with E-state index in [1.54, 1.807) is 0 Å². The van der Waals surface area contributed by atoms with Crippen LogP contribution in [0.25, 0.3) is 5.65 Å². The fourth-order valence-electron chi connectivity index (χ4n) is 2.72. The number of aliphatic imine (C=N–C) groups is 1. The van der Waals surface area contributed by atoms with Gasteiger partial charge < -0.3 is 15.0 Å². The number of guanidine groups is 1. The summed E-state index contributed by atoms with van der Waals surface area (Å²) < 4.78 is 7.77. The van der Waals surface area contributed by atoms with Crippen LogP contribution < -0.4 is 10.1 Å². The predicted molar refractivity (Wildman–Crippen MR) is 107 cm³/mol. The summed E-state index contributed by atoms with van der Waals surface area (Å²) in [6.07, 6.45) is 2.71. The summed E-state index contributed by atoms with van der Waals surface area (Å²) in [6.45, 7) is 4.86. The molecule has 2 heterocycles. The van der Waals surface area contributed by atoms with Gasteiger partial charge in [-0.3, -0.25) is 9.39 Å². The van der Waals surface area contributed by atoms with E-state index in [4.69, 9.17) is 9.73 Å². The zero-order valence-corrected chi connectivity index (χ0v) is 15.9. The predicted octanol–water partition coefficient (Wildman–Crippen LogP) is 2.25. The van der Waals surface area contributed by atoms with E-state index in [-0.39, 0.29) is 0 Å². The molecule has 3 aromatic rings. The Kier molecular flexibility index (Phi) is 6.62. The standard InChI is InChI=1S/C20H26N6O/c1-3-21-20(25(2)15-16-27-17-9-5-4-6-10-17)22-13-12-19-24-23-18-11-7-8-14-26(18)19/h4-11,14H,3,12-13,15-16H2,1-2H3,(H,21,22). The molecule has 0 saturated carbocycles. The van der Waals surface area contributed by atoms with Crippen LogP contribution in [0.5, 0.6) is 5.75 Å². The maximum Gasteiger partial charge on any atom is 0.193 e. The van der Waals surface area contributed by atoms with Crippen molar-refractivity contribution < 1.29 is 4.74 Å². The quantitative estimate of drug-likeness (QED) is 0.489. The third-order valence-electron chi connectivity index (χ3n) is 4.12. The molecule has 0 atom stereocenters. The van der Waals surface area contributed by atoms with Crippen LogP contribution in [0, 0.1) is 0 Å². The largest absolute Gasteiger partial charge is 0.492 e. The van der Waals surface area contributed by atoms with Crippen LogP contribution in [-0.2, 0) is 6.42 Å². The molecule has 1 aromatic carbocycles. The highest BCUT2D eigenvalue weighted by atomic mass is 16.5. The fraction of sp³-hybridized carbons (Fsp3) is 0.350. The lowest BCUT2D eigenvalue weighted by Crippen LogP contribution is -2.41. The van der Waals surface area contributed by atoms with Crippen molar-refractivity contribution in [1.82, 2.24) is 24.8 Å². The van der Waals surface area contributed by atoms with Gasteiger partial charge in [-0.15, -0.1) is 10.2 Å². The molecular weight excluding hydrogens is 340 g/mol. The molecule has 2 aromatic heterocycles. The maximum atomic E-state index is 5.77. The molecule has 7 nitrogen and oxygen atoms in total. The Hall–Kier alpha value is -3.09. The molecule has 142 valence electrons. The number of nitrogens with zero attached hydrogens (tertiary/aromatic N) is 5. The summed E-state index contributed by atoms with van der Waals surface area (Å²) in [5.41, 5.74) is 0.860. The number of ether oxygens (including phenoxy) is 1. The first-order valence-corrected chi connectivity index (χ1v) is 9.24. The zero-order chi connectivity index (χ0) is 18.9. The number of fused-ring (bicyclic) bond motifs is 1. The summed E-state index contributed by atoms with van der Waals surface area (Å²) in [4.78, 5) is 6.79. The summed E-state index contributed by atoms with van der Waals surface area (Å²) in [5.74, 6) is 2.66. The highest BCUT2D eigenvalue weighted by molar-refractivity contribution is 5.79. The SMILES string of the molecule is CCNC(=NCCc1nnc2ccccn12)N(C)CCOc1ccccc1. The van der Waals surface area contributed by atoms with Gasteiger partial charge in [-0.1, -0.05) is 24.3 Å². The fourth-order valence-corrected chi connectivity index (χ4v) is 2.72. The molecule has 0 spiro atoms. The van der Waals surface area contributed by atoms with Gasteiger partial charge in [0.05, 0.1) is 6.54 Å². The van der Waals surface area contributed by atoms with Crippen LogP contribution in [-0.4, -0.2) is 58.7 Å². The van der Waals surface area contributed by atoms with Crippen LogP contribution in [0.4, 0.5) is 0 Å². The number of nitrogens with one attached hydrogen (secondary N) is 1. The van der Waals surface area contributed by atoms with Crippen molar-refractivity contribution in [2.75, 3.05) is 33.3 Å². The van der Waals surface area contributed by atoms with E-state index in [0.717, 1.165) is 42.7 Å². The Labute approximate surface area is 159 Å². The van der Waals surface area contributed by atoms with Crippen LogP contribution in [0.2, 0.25) is 0 Å². The molecular formula is C20H26N6O. The minimum atomic E-state index is 0.597. The number of aromatic nitrogens is 3. The average molecular weight is 366 g/mol. The van der Waals surface area contributed by atoms with Crippen LogP contribution in [0.15, 0.2) is 59.7 Å². The number of pyridine rings is 1. The summed E-state index contributed by atoms with van der Waals surface area (Å²) >= 11 is 0. The first kappa shape index (κ1) is 18.7. The normalized spacial score (nSPS) is 11.6. The Bertz CT molecular complexity index is 861. The molecule has 0 bridgehead atoms. The molecule has 7 heteroatoms. The van der Waals surface area contributed by atoms with Gasteiger partial charge in [-0.2, -0.15) is 0 Å². The highest BCUT2D eigenvalue weighted by Gasteiger charge is 2.07. The topological polar surface area (TPSA) is 67.0 Å². The highest BCUT2D eigenvalue weighted by Crippen LogP contribution is 2.08. The van der Waals surface area contributed by atoms with E-state index in [9.17, 15) is 0 Å². The van der Waals surface area contributed by atoms with Crippen LogP contribution >= 0.6 is 0 Å². The molecule has 0 aliphatic rings. The van der Waals surface area contributed by atoms with Crippen molar-refractivity contribution in [2.45, 2.75) is 13.3 Å². The molecule has 0 aliphatic heterocycles.